The van der Waals surface area contributed by atoms with Crippen molar-refractivity contribution in [1.82, 2.24) is 14.6 Å². The second-order valence-corrected chi connectivity index (χ2v) is 2.67. The highest BCUT2D eigenvalue weighted by molar-refractivity contribution is 6.30. The summed E-state index contributed by atoms with van der Waals surface area (Å²) >= 11 is 5.70. The predicted molar refractivity (Wildman–Crippen MR) is 43.4 cm³/mol. The van der Waals surface area contributed by atoms with Gasteiger partial charge in [0.25, 0.3) is 0 Å². The van der Waals surface area contributed by atoms with Gasteiger partial charge < -0.3 is 0 Å². The van der Waals surface area contributed by atoms with E-state index in [9.17, 15) is 4.79 Å². The average Bonchev–Trinajstić information content (AvgIpc) is 2.46. The van der Waals surface area contributed by atoms with Crippen LogP contribution in [0.2, 0.25) is 5.02 Å². The number of nitrogens with zero attached hydrogens (tertiary/aromatic N) is 3. The van der Waals surface area contributed by atoms with E-state index in [1.807, 2.05) is 0 Å². The highest BCUT2D eigenvalue weighted by Gasteiger charge is 2.00. The SMILES string of the molecule is O=Cc1nc2cc(Cl)ccn2n1. The van der Waals surface area contributed by atoms with Crippen LogP contribution in [0, 0.1) is 0 Å². The van der Waals surface area contributed by atoms with Gasteiger partial charge in [0.1, 0.15) is 0 Å². The Morgan fingerprint density at radius 1 is 1.58 bits per heavy atom. The van der Waals surface area contributed by atoms with E-state index in [1.54, 1.807) is 18.3 Å². The summed E-state index contributed by atoms with van der Waals surface area (Å²) in [5.74, 6) is 0.164. The quantitative estimate of drug-likeness (QED) is 0.621. The molecule has 2 aromatic rings. The standard InChI is InChI=1S/C7H4ClN3O/c8-5-1-2-11-7(3-5)9-6(4-12)10-11/h1-4H. The molecule has 0 spiro atoms. The lowest BCUT2D eigenvalue weighted by Gasteiger charge is -1.89. The van der Waals surface area contributed by atoms with Crippen LogP contribution in [0.3, 0.4) is 0 Å². The largest absolute Gasteiger partial charge is 0.294 e. The van der Waals surface area contributed by atoms with Crippen molar-refractivity contribution in [3.05, 3.63) is 29.2 Å². The number of hydrogen-bond acceptors (Lipinski definition) is 3. The van der Waals surface area contributed by atoms with E-state index < -0.39 is 0 Å². The van der Waals surface area contributed by atoms with E-state index >= 15 is 0 Å². The van der Waals surface area contributed by atoms with E-state index in [1.165, 1.54) is 4.52 Å². The first-order valence-electron chi connectivity index (χ1n) is 3.27. The lowest BCUT2D eigenvalue weighted by Crippen LogP contribution is -1.86. The average molecular weight is 182 g/mol. The van der Waals surface area contributed by atoms with Crippen molar-refractivity contribution in [2.75, 3.05) is 0 Å². The van der Waals surface area contributed by atoms with Gasteiger partial charge in [-0.1, -0.05) is 11.6 Å². The molecule has 4 nitrogen and oxygen atoms in total. The third-order valence-electron chi connectivity index (χ3n) is 1.42. The first-order valence-corrected chi connectivity index (χ1v) is 3.64. The van der Waals surface area contributed by atoms with Gasteiger partial charge in [0.05, 0.1) is 0 Å². The van der Waals surface area contributed by atoms with Crippen LogP contribution in [-0.4, -0.2) is 20.9 Å². The molecule has 0 N–H and O–H groups in total. The zero-order valence-electron chi connectivity index (χ0n) is 5.94. The smallest absolute Gasteiger partial charge is 0.214 e. The van der Waals surface area contributed by atoms with Gasteiger partial charge in [0.2, 0.25) is 5.82 Å². The van der Waals surface area contributed by atoms with Crippen LogP contribution in [0.25, 0.3) is 5.65 Å². The number of hydrogen-bond donors (Lipinski definition) is 0. The summed E-state index contributed by atoms with van der Waals surface area (Å²) < 4.78 is 1.50. The van der Waals surface area contributed by atoms with Crippen LogP contribution in [0.1, 0.15) is 10.6 Å². The van der Waals surface area contributed by atoms with Gasteiger partial charge >= 0.3 is 0 Å². The molecule has 60 valence electrons. The van der Waals surface area contributed by atoms with Crippen molar-refractivity contribution >= 4 is 23.5 Å². The van der Waals surface area contributed by atoms with E-state index in [2.05, 4.69) is 10.1 Å². The summed E-state index contributed by atoms with van der Waals surface area (Å²) in [4.78, 5) is 14.2. The van der Waals surface area contributed by atoms with Crippen molar-refractivity contribution in [2.45, 2.75) is 0 Å². The van der Waals surface area contributed by atoms with Crippen LogP contribution in [0.15, 0.2) is 18.3 Å². The van der Waals surface area contributed by atoms with E-state index in [0.717, 1.165) is 0 Å². The van der Waals surface area contributed by atoms with Gasteiger partial charge in [-0.3, -0.25) is 4.79 Å². The minimum absolute atomic E-state index is 0.164. The second-order valence-electron chi connectivity index (χ2n) is 2.24. The number of aromatic nitrogens is 3. The summed E-state index contributed by atoms with van der Waals surface area (Å²) in [7, 11) is 0. The Morgan fingerprint density at radius 2 is 2.42 bits per heavy atom. The molecule has 0 atom stereocenters. The van der Waals surface area contributed by atoms with Gasteiger partial charge in [-0.05, 0) is 6.07 Å². The molecule has 0 aromatic carbocycles. The molecule has 0 amide bonds. The van der Waals surface area contributed by atoms with Crippen LogP contribution in [-0.2, 0) is 0 Å². The highest BCUT2D eigenvalue weighted by Crippen LogP contribution is 2.09. The molecule has 0 aliphatic rings. The third kappa shape index (κ3) is 1.06. The fraction of sp³-hybridized carbons (Fsp3) is 0. The molecule has 2 heterocycles. The fourth-order valence-electron chi connectivity index (χ4n) is 0.924. The summed E-state index contributed by atoms with van der Waals surface area (Å²) in [6.07, 6.45) is 2.25. The maximum atomic E-state index is 10.3. The summed E-state index contributed by atoms with van der Waals surface area (Å²) in [5.41, 5.74) is 0.574. The first-order chi connectivity index (χ1) is 5.79. The first kappa shape index (κ1) is 7.24. The predicted octanol–water partition coefficient (Wildman–Crippen LogP) is 1.20. The monoisotopic (exact) mass is 181 g/mol. The summed E-state index contributed by atoms with van der Waals surface area (Å²) in [5, 5.41) is 4.43. The molecule has 12 heavy (non-hydrogen) atoms. The zero-order valence-corrected chi connectivity index (χ0v) is 6.69. The molecule has 2 rings (SSSR count). The van der Waals surface area contributed by atoms with Crippen molar-refractivity contribution < 1.29 is 4.79 Å². The minimum atomic E-state index is 0.164. The Kier molecular flexibility index (Phi) is 1.55. The molecular weight excluding hydrogens is 178 g/mol. The van der Waals surface area contributed by atoms with E-state index in [0.29, 0.717) is 17.0 Å². The zero-order chi connectivity index (χ0) is 8.55. The Labute approximate surface area is 72.8 Å². The van der Waals surface area contributed by atoms with Crippen molar-refractivity contribution in [3.63, 3.8) is 0 Å². The fourth-order valence-corrected chi connectivity index (χ4v) is 1.08. The molecule has 0 saturated heterocycles. The van der Waals surface area contributed by atoms with Crippen LogP contribution in [0.4, 0.5) is 0 Å². The van der Waals surface area contributed by atoms with Gasteiger partial charge in [0, 0.05) is 17.3 Å². The second kappa shape index (κ2) is 2.57. The molecule has 0 aliphatic heterocycles. The number of fused-ring (bicyclic) bond motifs is 1. The molecule has 2 aromatic heterocycles. The van der Waals surface area contributed by atoms with E-state index in [4.69, 9.17) is 11.6 Å². The molecule has 0 unspecified atom stereocenters. The van der Waals surface area contributed by atoms with Gasteiger partial charge in [-0.2, -0.15) is 0 Å². The van der Waals surface area contributed by atoms with Gasteiger partial charge in [-0.25, -0.2) is 9.50 Å². The Morgan fingerprint density at radius 3 is 3.17 bits per heavy atom. The Bertz CT molecular complexity index is 437. The van der Waals surface area contributed by atoms with Crippen LogP contribution < -0.4 is 0 Å². The number of carbonyl (C=O) groups excluding carboxylic acids is 1. The number of aldehydes is 1. The molecule has 0 saturated carbocycles. The van der Waals surface area contributed by atoms with E-state index in [-0.39, 0.29) is 5.82 Å². The normalized spacial score (nSPS) is 10.4. The minimum Gasteiger partial charge on any atom is -0.294 e. The number of halogens is 1. The Balaban J connectivity index is 2.75. The maximum absolute atomic E-state index is 10.3. The molecule has 0 bridgehead atoms. The molecule has 0 fully saturated rings. The van der Waals surface area contributed by atoms with Crippen LogP contribution >= 0.6 is 11.6 Å². The van der Waals surface area contributed by atoms with Crippen molar-refractivity contribution in [2.24, 2.45) is 0 Å². The van der Waals surface area contributed by atoms with Crippen molar-refractivity contribution in [1.29, 1.82) is 0 Å². The molecular formula is C7H4ClN3O. The number of rotatable bonds is 1. The molecule has 0 radical (unpaired) electrons. The third-order valence-corrected chi connectivity index (χ3v) is 1.66. The van der Waals surface area contributed by atoms with Gasteiger partial charge in [-0.15, -0.1) is 5.10 Å². The van der Waals surface area contributed by atoms with Crippen LogP contribution in [0.5, 0.6) is 0 Å². The molecule has 5 heteroatoms. The topological polar surface area (TPSA) is 47.3 Å². The summed E-state index contributed by atoms with van der Waals surface area (Å²) in [6.45, 7) is 0. The molecule has 0 aliphatic carbocycles. The van der Waals surface area contributed by atoms with Gasteiger partial charge in [0.15, 0.2) is 11.9 Å². The van der Waals surface area contributed by atoms with Crippen molar-refractivity contribution in [3.8, 4) is 0 Å². The lowest BCUT2D eigenvalue weighted by atomic mass is 10.5. The number of pyridine rings is 1. The number of carbonyl (C=O) groups is 1. The highest BCUT2D eigenvalue weighted by atomic mass is 35.5. The summed E-state index contributed by atoms with van der Waals surface area (Å²) in [6, 6.07) is 3.32. The lowest BCUT2D eigenvalue weighted by molar-refractivity contribution is 0.111. The Hall–Kier alpha value is -1.42. The maximum Gasteiger partial charge on any atom is 0.214 e.